The van der Waals surface area contributed by atoms with Crippen molar-refractivity contribution in [1.29, 1.82) is 0 Å². The van der Waals surface area contributed by atoms with E-state index < -0.39 is 0 Å². The number of benzene rings is 1. The number of rotatable bonds is 1. The second-order valence-electron chi connectivity index (χ2n) is 4.76. The van der Waals surface area contributed by atoms with E-state index in [1.54, 1.807) is 0 Å². The zero-order valence-electron chi connectivity index (χ0n) is 8.25. The molecule has 0 aliphatic heterocycles. The highest BCUT2D eigenvalue weighted by Crippen LogP contribution is 2.54. The monoisotopic (exact) mass is 206 g/mol. The van der Waals surface area contributed by atoms with Gasteiger partial charge in [-0.2, -0.15) is 0 Å². The lowest BCUT2D eigenvalue weighted by Gasteiger charge is -2.15. The van der Waals surface area contributed by atoms with Crippen LogP contribution in [-0.4, -0.2) is 0 Å². The molecule has 1 heteroatoms. The Morgan fingerprint density at radius 3 is 2.21 bits per heavy atom. The van der Waals surface area contributed by atoms with Crippen LogP contribution in [0.15, 0.2) is 24.3 Å². The van der Waals surface area contributed by atoms with E-state index >= 15 is 0 Å². The molecule has 0 heterocycles. The van der Waals surface area contributed by atoms with Gasteiger partial charge in [-0.05, 0) is 61.1 Å². The molecule has 2 bridgehead atoms. The molecule has 0 amide bonds. The highest BCUT2D eigenvalue weighted by atomic mass is 35.5. The molecule has 0 spiro atoms. The molecule has 0 unspecified atom stereocenters. The third-order valence-electron chi connectivity index (χ3n) is 4.07. The molecule has 0 nitrogen and oxygen atoms in total. The van der Waals surface area contributed by atoms with Gasteiger partial charge in [0.05, 0.1) is 0 Å². The zero-order chi connectivity index (χ0) is 9.54. The minimum atomic E-state index is 0.827. The lowest BCUT2D eigenvalue weighted by Crippen LogP contribution is -2.03. The van der Waals surface area contributed by atoms with Crippen molar-refractivity contribution in [3.05, 3.63) is 34.9 Å². The molecule has 2 aliphatic carbocycles. The molecule has 2 saturated carbocycles. The molecule has 0 aromatic heterocycles. The Morgan fingerprint density at radius 1 is 1.00 bits per heavy atom. The van der Waals surface area contributed by atoms with E-state index in [2.05, 4.69) is 18.2 Å². The molecule has 0 atom stereocenters. The van der Waals surface area contributed by atoms with Gasteiger partial charge in [0.1, 0.15) is 0 Å². The summed E-state index contributed by atoms with van der Waals surface area (Å²) in [7, 11) is 0. The van der Waals surface area contributed by atoms with Crippen LogP contribution >= 0.6 is 11.6 Å². The second kappa shape index (κ2) is 3.27. The van der Waals surface area contributed by atoms with Gasteiger partial charge in [0, 0.05) is 5.02 Å². The highest BCUT2D eigenvalue weighted by molar-refractivity contribution is 6.30. The Hall–Kier alpha value is -0.490. The molecular formula is C13H15Cl. The van der Waals surface area contributed by atoms with Crippen LogP contribution in [-0.2, 0) is 0 Å². The molecule has 0 N–H and O–H groups in total. The fourth-order valence-corrected chi connectivity index (χ4v) is 3.71. The average molecular weight is 207 g/mol. The van der Waals surface area contributed by atoms with Crippen LogP contribution in [0.2, 0.25) is 5.02 Å². The first kappa shape index (κ1) is 8.79. The molecule has 1 aromatic rings. The summed E-state index contributed by atoms with van der Waals surface area (Å²) in [5, 5.41) is 0.897. The summed E-state index contributed by atoms with van der Waals surface area (Å²) in [5.41, 5.74) is 1.49. The molecular weight excluding hydrogens is 192 g/mol. The maximum absolute atomic E-state index is 6.04. The largest absolute Gasteiger partial charge is 0.0843 e. The number of hydrogen-bond donors (Lipinski definition) is 0. The van der Waals surface area contributed by atoms with Gasteiger partial charge in [-0.15, -0.1) is 0 Å². The molecule has 14 heavy (non-hydrogen) atoms. The third kappa shape index (κ3) is 1.28. The summed E-state index contributed by atoms with van der Waals surface area (Å²) in [6.07, 6.45) is 5.79. The Morgan fingerprint density at radius 2 is 1.64 bits per heavy atom. The molecule has 74 valence electrons. The fourth-order valence-electron chi connectivity index (χ4n) is 3.51. The first-order valence-electron chi connectivity index (χ1n) is 5.60. The Bertz CT molecular complexity index is 325. The van der Waals surface area contributed by atoms with Crippen molar-refractivity contribution in [2.75, 3.05) is 0 Å². The summed E-state index contributed by atoms with van der Waals surface area (Å²) in [6, 6.07) is 8.49. The molecule has 2 aliphatic rings. The maximum Gasteiger partial charge on any atom is 0.0408 e. The van der Waals surface area contributed by atoms with Crippen LogP contribution in [0.3, 0.4) is 0 Å². The van der Waals surface area contributed by atoms with E-state index in [0.29, 0.717) is 0 Å². The van der Waals surface area contributed by atoms with E-state index in [-0.39, 0.29) is 0 Å². The van der Waals surface area contributed by atoms with Crippen molar-refractivity contribution in [2.45, 2.75) is 31.6 Å². The summed E-state index contributed by atoms with van der Waals surface area (Å²) >= 11 is 6.04. The van der Waals surface area contributed by atoms with Crippen LogP contribution in [0.1, 0.15) is 37.2 Å². The van der Waals surface area contributed by atoms with Crippen molar-refractivity contribution in [2.24, 2.45) is 11.8 Å². The lowest BCUT2D eigenvalue weighted by molar-refractivity contribution is 0.480. The highest BCUT2D eigenvalue weighted by Gasteiger charge is 2.42. The summed E-state index contributed by atoms with van der Waals surface area (Å²) in [5.74, 6) is 2.74. The molecule has 0 saturated heterocycles. The van der Waals surface area contributed by atoms with Crippen molar-refractivity contribution < 1.29 is 0 Å². The number of fused-ring (bicyclic) bond motifs is 2. The molecule has 2 fully saturated rings. The van der Waals surface area contributed by atoms with Crippen molar-refractivity contribution in [3.63, 3.8) is 0 Å². The topological polar surface area (TPSA) is 0 Å². The minimum absolute atomic E-state index is 0.827. The van der Waals surface area contributed by atoms with Crippen LogP contribution < -0.4 is 0 Å². The first-order chi connectivity index (χ1) is 6.84. The van der Waals surface area contributed by atoms with Gasteiger partial charge in [0.2, 0.25) is 0 Å². The van der Waals surface area contributed by atoms with Crippen LogP contribution in [0.25, 0.3) is 0 Å². The first-order valence-corrected chi connectivity index (χ1v) is 5.98. The van der Waals surface area contributed by atoms with E-state index in [1.807, 2.05) is 6.07 Å². The third-order valence-corrected chi connectivity index (χ3v) is 4.30. The van der Waals surface area contributed by atoms with Gasteiger partial charge in [0.25, 0.3) is 0 Å². The smallest absolute Gasteiger partial charge is 0.0408 e. The minimum Gasteiger partial charge on any atom is -0.0843 e. The van der Waals surface area contributed by atoms with Crippen molar-refractivity contribution in [1.82, 2.24) is 0 Å². The van der Waals surface area contributed by atoms with Gasteiger partial charge >= 0.3 is 0 Å². The SMILES string of the molecule is Clc1cccc(C2C3CCC2CC3)c1. The lowest BCUT2D eigenvalue weighted by atomic mass is 9.90. The van der Waals surface area contributed by atoms with Crippen LogP contribution in [0.5, 0.6) is 0 Å². The van der Waals surface area contributed by atoms with Gasteiger partial charge in [0.15, 0.2) is 0 Å². The van der Waals surface area contributed by atoms with Gasteiger partial charge in [-0.25, -0.2) is 0 Å². The Kier molecular flexibility index (Phi) is 2.05. The van der Waals surface area contributed by atoms with E-state index in [4.69, 9.17) is 11.6 Å². The quantitative estimate of drug-likeness (QED) is 0.645. The molecule has 3 rings (SSSR count). The standard InChI is InChI=1S/C13H15Cl/c14-12-3-1-2-11(8-12)13-9-4-5-10(13)7-6-9/h1-3,8-10,13H,4-7H2. The van der Waals surface area contributed by atoms with E-state index in [9.17, 15) is 0 Å². The fraction of sp³-hybridized carbons (Fsp3) is 0.538. The van der Waals surface area contributed by atoms with E-state index in [0.717, 1.165) is 22.8 Å². The normalized spacial score (nSPS) is 35.1. The van der Waals surface area contributed by atoms with Crippen molar-refractivity contribution in [3.8, 4) is 0 Å². The Balaban J connectivity index is 1.95. The van der Waals surface area contributed by atoms with Gasteiger partial charge in [-0.1, -0.05) is 23.7 Å². The van der Waals surface area contributed by atoms with Crippen molar-refractivity contribution >= 4 is 11.6 Å². The second-order valence-corrected chi connectivity index (χ2v) is 5.19. The summed E-state index contributed by atoms with van der Waals surface area (Å²) < 4.78 is 0. The predicted octanol–water partition coefficient (Wildman–Crippen LogP) is 4.24. The van der Waals surface area contributed by atoms with Crippen LogP contribution in [0, 0.1) is 11.8 Å². The maximum atomic E-state index is 6.04. The molecule has 1 aromatic carbocycles. The average Bonchev–Trinajstić information content (AvgIpc) is 2.76. The number of hydrogen-bond acceptors (Lipinski definition) is 0. The van der Waals surface area contributed by atoms with E-state index in [1.165, 1.54) is 31.2 Å². The van der Waals surface area contributed by atoms with Gasteiger partial charge in [-0.3, -0.25) is 0 Å². The summed E-state index contributed by atoms with van der Waals surface area (Å²) in [6.45, 7) is 0. The Labute approximate surface area is 90.3 Å². The number of halogens is 1. The van der Waals surface area contributed by atoms with Gasteiger partial charge < -0.3 is 0 Å². The predicted molar refractivity (Wildman–Crippen MR) is 59.6 cm³/mol. The zero-order valence-corrected chi connectivity index (χ0v) is 9.00. The van der Waals surface area contributed by atoms with Crippen LogP contribution in [0.4, 0.5) is 0 Å². The summed E-state index contributed by atoms with van der Waals surface area (Å²) in [4.78, 5) is 0. The molecule has 0 radical (unpaired) electrons.